The van der Waals surface area contributed by atoms with Gasteiger partial charge in [0.1, 0.15) is 6.10 Å². The van der Waals surface area contributed by atoms with Gasteiger partial charge in [-0.15, -0.1) is 0 Å². The Labute approximate surface area is 88.9 Å². The second-order valence-corrected chi connectivity index (χ2v) is 3.01. The van der Waals surface area contributed by atoms with Crippen molar-refractivity contribution in [1.82, 2.24) is 10.1 Å². The third-order valence-corrected chi connectivity index (χ3v) is 1.97. The molecule has 86 valence electrons. The highest BCUT2D eigenvalue weighted by Gasteiger charge is 2.15. The molecule has 1 rings (SSSR count). The number of rotatable bonds is 7. The number of aromatic nitrogens is 2. The maximum atomic E-state index is 5.19. The van der Waals surface area contributed by atoms with Crippen molar-refractivity contribution in [2.45, 2.75) is 19.4 Å². The molecule has 1 unspecified atom stereocenters. The molecule has 1 aromatic heterocycles. The van der Waals surface area contributed by atoms with Gasteiger partial charge in [-0.1, -0.05) is 12.1 Å². The number of nitrogens with one attached hydrogen (secondary N) is 1. The van der Waals surface area contributed by atoms with Gasteiger partial charge in [-0.25, -0.2) is 0 Å². The van der Waals surface area contributed by atoms with Gasteiger partial charge in [0.25, 0.3) is 0 Å². The monoisotopic (exact) mass is 215 g/mol. The van der Waals surface area contributed by atoms with Gasteiger partial charge < -0.3 is 19.3 Å². The molecule has 1 N–H and O–H groups in total. The summed E-state index contributed by atoms with van der Waals surface area (Å²) in [6.07, 6.45) is 0.708. The van der Waals surface area contributed by atoms with E-state index >= 15 is 0 Å². The Morgan fingerprint density at radius 2 is 2.27 bits per heavy atom. The maximum Gasteiger partial charge on any atom is 0.321 e. The summed E-state index contributed by atoms with van der Waals surface area (Å²) < 4.78 is 15.1. The minimum Gasteiger partial charge on any atom is -0.383 e. The molecule has 6 heteroatoms. The van der Waals surface area contributed by atoms with E-state index in [1.165, 1.54) is 0 Å². The minimum absolute atomic E-state index is 0.105. The molecule has 0 fully saturated rings. The first kappa shape index (κ1) is 11.9. The summed E-state index contributed by atoms with van der Waals surface area (Å²) in [7, 11) is 3.27. The summed E-state index contributed by atoms with van der Waals surface area (Å²) in [5.74, 6) is 0.569. The zero-order valence-corrected chi connectivity index (χ0v) is 9.32. The first-order valence-corrected chi connectivity index (χ1v) is 4.91. The number of anilines is 1. The molecule has 6 nitrogen and oxygen atoms in total. The number of hydrogen-bond donors (Lipinski definition) is 1. The molecular weight excluding hydrogens is 198 g/mol. The molecule has 1 aromatic rings. The number of hydrogen-bond acceptors (Lipinski definition) is 6. The highest BCUT2D eigenvalue weighted by Crippen LogP contribution is 2.17. The standard InChI is InChI=1S/C9H17N3O3/c1-4-7(14-3)8-11-9(15-12-8)10-5-6-13-2/h7H,4-6H2,1-3H3,(H,10,11,12). The Bertz CT molecular complexity index is 273. The Hall–Kier alpha value is -1.14. The van der Waals surface area contributed by atoms with Crippen LogP contribution in [0.1, 0.15) is 25.3 Å². The quantitative estimate of drug-likeness (QED) is 0.690. The van der Waals surface area contributed by atoms with E-state index in [2.05, 4.69) is 15.5 Å². The molecule has 0 aliphatic rings. The highest BCUT2D eigenvalue weighted by atomic mass is 16.5. The molecular formula is C9H17N3O3. The Kier molecular flexibility index (Phi) is 5.06. The number of ether oxygens (including phenoxy) is 2. The zero-order valence-electron chi connectivity index (χ0n) is 9.32. The summed E-state index contributed by atoms with van der Waals surface area (Å²) in [6.45, 7) is 3.24. The summed E-state index contributed by atoms with van der Waals surface area (Å²) in [4.78, 5) is 4.15. The molecule has 0 spiro atoms. The fraction of sp³-hybridized carbons (Fsp3) is 0.778. The predicted molar refractivity (Wildman–Crippen MR) is 54.7 cm³/mol. The van der Waals surface area contributed by atoms with Crippen molar-refractivity contribution in [2.75, 3.05) is 32.7 Å². The molecule has 0 aromatic carbocycles. The fourth-order valence-corrected chi connectivity index (χ4v) is 1.15. The van der Waals surface area contributed by atoms with Gasteiger partial charge in [0.05, 0.1) is 6.61 Å². The van der Waals surface area contributed by atoms with E-state index in [1.807, 2.05) is 6.92 Å². The second kappa shape index (κ2) is 6.36. The number of methoxy groups -OCH3 is 2. The average Bonchev–Trinajstić information content (AvgIpc) is 2.69. The lowest BCUT2D eigenvalue weighted by Crippen LogP contribution is -2.08. The Morgan fingerprint density at radius 3 is 2.87 bits per heavy atom. The summed E-state index contributed by atoms with van der Waals surface area (Å²) in [5, 5.41) is 6.77. The van der Waals surface area contributed by atoms with Crippen LogP contribution in [0.25, 0.3) is 0 Å². The largest absolute Gasteiger partial charge is 0.383 e. The summed E-state index contributed by atoms with van der Waals surface area (Å²) in [6, 6.07) is 0.401. The fourth-order valence-electron chi connectivity index (χ4n) is 1.15. The van der Waals surface area contributed by atoms with Gasteiger partial charge in [-0.05, 0) is 6.42 Å². The van der Waals surface area contributed by atoms with E-state index in [4.69, 9.17) is 14.0 Å². The topological polar surface area (TPSA) is 69.4 Å². The third-order valence-electron chi connectivity index (χ3n) is 1.97. The predicted octanol–water partition coefficient (Wildman–Crippen LogP) is 1.23. The summed E-state index contributed by atoms with van der Waals surface area (Å²) >= 11 is 0. The first-order valence-electron chi connectivity index (χ1n) is 4.91. The van der Waals surface area contributed by atoms with Crippen LogP contribution in [-0.4, -0.2) is 37.5 Å². The van der Waals surface area contributed by atoms with Crippen LogP contribution < -0.4 is 5.32 Å². The van der Waals surface area contributed by atoms with Gasteiger partial charge in [0.15, 0.2) is 0 Å². The van der Waals surface area contributed by atoms with Crippen LogP contribution in [0.2, 0.25) is 0 Å². The van der Waals surface area contributed by atoms with Crippen molar-refractivity contribution >= 4 is 6.01 Å². The van der Waals surface area contributed by atoms with Crippen molar-refractivity contribution in [3.63, 3.8) is 0 Å². The smallest absolute Gasteiger partial charge is 0.321 e. The van der Waals surface area contributed by atoms with E-state index in [1.54, 1.807) is 14.2 Å². The van der Waals surface area contributed by atoms with Crippen LogP contribution >= 0.6 is 0 Å². The SMILES string of the molecule is CCC(OC)c1noc(NCCOC)n1. The summed E-state index contributed by atoms with van der Waals surface area (Å²) in [5.41, 5.74) is 0. The lowest BCUT2D eigenvalue weighted by molar-refractivity contribution is 0.0903. The minimum atomic E-state index is -0.105. The number of nitrogens with zero attached hydrogens (tertiary/aromatic N) is 2. The van der Waals surface area contributed by atoms with Crippen LogP contribution in [0, 0.1) is 0 Å². The zero-order chi connectivity index (χ0) is 11.1. The van der Waals surface area contributed by atoms with Crippen molar-refractivity contribution < 1.29 is 14.0 Å². The van der Waals surface area contributed by atoms with Gasteiger partial charge in [-0.2, -0.15) is 4.98 Å². The van der Waals surface area contributed by atoms with Gasteiger partial charge >= 0.3 is 6.01 Å². The van der Waals surface area contributed by atoms with E-state index in [0.29, 0.717) is 25.0 Å². The van der Waals surface area contributed by atoms with Crippen LogP contribution in [0.4, 0.5) is 6.01 Å². The van der Waals surface area contributed by atoms with Crippen molar-refractivity contribution in [2.24, 2.45) is 0 Å². The molecule has 1 heterocycles. The van der Waals surface area contributed by atoms with Crippen LogP contribution in [0.15, 0.2) is 4.52 Å². The van der Waals surface area contributed by atoms with Gasteiger partial charge in [-0.3, -0.25) is 0 Å². The molecule has 0 amide bonds. The first-order chi connectivity index (χ1) is 7.31. The highest BCUT2D eigenvalue weighted by molar-refractivity contribution is 5.18. The van der Waals surface area contributed by atoms with Gasteiger partial charge in [0.2, 0.25) is 5.82 Å². The van der Waals surface area contributed by atoms with Crippen LogP contribution in [0.5, 0.6) is 0 Å². The molecule has 1 atom stereocenters. The lowest BCUT2D eigenvalue weighted by atomic mass is 10.3. The van der Waals surface area contributed by atoms with Crippen LogP contribution in [0.3, 0.4) is 0 Å². The average molecular weight is 215 g/mol. The van der Waals surface area contributed by atoms with Crippen LogP contribution in [-0.2, 0) is 9.47 Å². The second-order valence-electron chi connectivity index (χ2n) is 3.01. The molecule has 0 bridgehead atoms. The lowest BCUT2D eigenvalue weighted by Gasteiger charge is -2.06. The van der Waals surface area contributed by atoms with Gasteiger partial charge in [0, 0.05) is 20.8 Å². The Morgan fingerprint density at radius 1 is 1.47 bits per heavy atom. The maximum absolute atomic E-state index is 5.19. The van der Waals surface area contributed by atoms with E-state index in [0.717, 1.165) is 6.42 Å². The van der Waals surface area contributed by atoms with Crippen molar-refractivity contribution in [3.05, 3.63) is 5.82 Å². The molecule has 0 saturated carbocycles. The van der Waals surface area contributed by atoms with Crippen molar-refractivity contribution in [3.8, 4) is 0 Å². The Balaban J connectivity index is 2.47. The normalized spacial score (nSPS) is 12.7. The van der Waals surface area contributed by atoms with Crippen molar-refractivity contribution in [1.29, 1.82) is 0 Å². The molecule has 0 saturated heterocycles. The third kappa shape index (κ3) is 3.49. The van der Waals surface area contributed by atoms with E-state index in [9.17, 15) is 0 Å². The van der Waals surface area contributed by atoms with E-state index < -0.39 is 0 Å². The molecule has 15 heavy (non-hydrogen) atoms. The molecule has 0 aliphatic heterocycles. The molecule has 0 aliphatic carbocycles. The molecule has 0 radical (unpaired) electrons. The van der Waals surface area contributed by atoms with E-state index in [-0.39, 0.29) is 6.10 Å².